The van der Waals surface area contributed by atoms with Gasteiger partial charge in [0, 0.05) is 11.3 Å². The van der Waals surface area contributed by atoms with Gasteiger partial charge in [0.2, 0.25) is 0 Å². The van der Waals surface area contributed by atoms with Gasteiger partial charge in [0.25, 0.3) is 0 Å². The van der Waals surface area contributed by atoms with Gasteiger partial charge in [0.1, 0.15) is 0 Å². The summed E-state index contributed by atoms with van der Waals surface area (Å²) in [6, 6.07) is 0. The fourth-order valence-electron chi connectivity index (χ4n) is 12.3. The van der Waals surface area contributed by atoms with Crippen molar-refractivity contribution in [1.29, 1.82) is 0 Å². The van der Waals surface area contributed by atoms with Crippen molar-refractivity contribution < 1.29 is 25.2 Å². The van der Waals surface area contributed by atoms with Gasteiger partial charge >= 0.3 is 0 Å². The van der Waals surface area contributed by atoms with Crippen LogP contribution < -0.4 is 0 Å². The summed E-state index contributed by atoms with van der Waals surface area (Å²) >= 11 is 0. The van der Waals surface area contributed by atoms with Crippen LogP contribution in [0.4, 0.5) is 0 Å². The average Bonchev–Trinajstić information content (AvgIpc) is 2.93. The Hall–Kier alpha value is -0.200. The van der Waals surface area contributed by atoms with Crippen LogP contribution >= 0.6 is 0 Å². The van der Waals surface area contributed by atoms with E-state index in [1.54, 1.807) is 0 Å². The van der Waals surface area contributed by atoms with E-state index in [4.69, 9.17) is 4.74 Å². The van der Waals surface area contributed by atoms with Gasteiger partial charge in [0.05, 0.1) is 29.3 Å². The molecule has 0 radical (unpaired) electrons. The summed E-state index contributed by atoms with van der Waals surface area (Å²) < 4.78 is 6.79. The molecule has 1 heterocycles. The monoisotopic (exact) mass is 490 g/mol. The van der Waals surface area contributed by atoms with Gasteiger partial charge in [0.15, 0.2) is 6.29 Å². The van der Waals surface area contributed by atoms with Crippen LogP contribution in [0.25, 0.3) is 0 Å². The van der Waals surface area contributed by atoms with Crippen LogP contribution in [-0.4, -0.2) is 50.6 Å². The molecule has 2 bridgehead atoms. The number of aliphatic hydroxyl groups is 4. The lowest BCUT2D eigenvalue weighted by Crippen LogP contribution is -2.75. The van der Waals surface area contributed by atoms with Crippen LogP contribution in [0.3, 0.4) is 0 Å². The number of hydrogen-bond donors (Lipinski definition) is 4. The lowest BCUT2D eigenvalue weighted by atomic mass is 9.30. The summed E-state index contributed by atoms with van der Waals surface area (Å²) in [5.74, 6) is 0.914. The molecule has 5 heteroatoms. The molecule has 0 aromatic rings. The fourth-order valence-corrected chi connectivity index (χ4v) is 12.3. The SMILES string of the molecule is CC1(C)C[C@@H]2[C@@]3([C@H](O)C[C@]4(C)[C@@]2(CC[C@@H]2[C@@]5(C)CC[C@H](O)C(C)(C)[C@@H]5CC[C@]24C)O[C@@H]3O)[C@@H](O)C1. The van der Waals surface area contributed by atoms with E-state index in [1.807, 2.05) is 0 Å². The highest BCUT2D eigenvalue weighted by molar-refractivity contribution is 5.30. The first-order chi connectivity index (χ1) is 16.0. The molecule has 0 unspecified atom stereocenters. The van der Waals surface area contributed by atoms with Crippen molar-refractivity contribution in [2.45, 2.75) is 136 Å². The molecule has 6 aliphatic rings. The first-order valence-electron chi connectivity index (χ1n) is 14.4. The molecule has 0 aromatic carbocycles. The maximum Gasteiger partial charge on any atom is 0.166 e. The third-order valence-corrected chi connectivity index (χ3v) is 14.2. The zero-order chi connectivity index (χ0) is 25.6. The van der Waals surface area contributed by atoms with Gasteiger partial charge in [-0.1, -0.05) is 48.5 Å². The van der Waals surface area contributed by atoms with Crippen molar-refractivity contribution in [3.05, 3.63) is 0 Å². The normalized spacial score (nSPS) is 62.3. The van der Waals surface area contributed by atoms with Crippen LogP contribution in [0.2, 0.25) is 0 Å². The molecule has 1 spiro atoms. The van der Waals surface area contributed by atoms with E-state index in [9.17, 15) is 20.4 Å². The van der Waals surface area contributed by atoms with Gasteiger partial charge in [-0.3, -0.25) is 0 Å². The minimum atomic E-state index is -1.12. The van der Waals surface area contributed by atoms with Gasteiger partial charge in [-0.15, -0.1) is 0 Å². The molecular formula is C30H50O5. The summed E-state index contributed by atoms with van der Waals surface area (Å²) in [6.07, 6.45) is 5.13. The molecule has 1 aliphatic heterocycles. The lowest BCUT2D eigenvalue weighted by molar-refractivity contribution is -0.305. The van der Waals surface area contributed by atoms with Crippen LogP contribution in [0, 0.1) is 50.2 Å². The predicted molar refractivity (Wildman–Crippen MR) is 134 cm³/mol. The molecule has 5 nitrogen and oxygen atoms in total. The molecule has 0 amide bonds. The molecule has 6 rings (SSSR count). The van der Waals surface area contributed by atoms with E-state index < -0.39 is 29.5 Å². The zero-order valence-corrected chi connectivity index (χ0v) is 23.1. The molecule has 5 aliphatic carbocycles. The van der Waals surface area contributed by atoms with Crippen molar-refractivity contribution in [3.63, 3.8) is 0 Å². The van der Waals surface area contributed by atoms with E-state index >= 15 is 0 Å². The quantitative estimate of drug-likeness (QED) is 0.397. The highest BCUT2D eigenvalue weighted by atomic mass is 16.6. The Morgan fingerprint density at radius 3 is 1.94 bits per heavy atom. The molecule has 12 atom stereocenters. The number of aliphatic hydroxyl groups excluding tert-OH is 4. The topological polar surface area (TPSA) is 90.2 Å². The first-order valence-corrected chi connectivity index (χ1v) is 14.4. The molecule has 4 N–H and O–H groups in total. The van der Waals surface area contributed by atoms with Gasteiger partial charge in [-0.2, -0.15) is 0 Å². The number of ether oxygens (including phenoxy) is 1. The summed E-state index contributed by atoms with van der Waals surface area (Å²) in [4.78, 5) is 0. The second-order valence-corrected chi connectivity index (χ2v) is 16.0. The van der Waals surface area contributed by atoms with Crippen LogP contribution in [-0.2, 0) is 4.74 Å². The molecule has 0 aromatic heterocycles. The molecule has 6 fully saturated rings. The van der Waals surface area contributed by atoms with Crippen LogP contribution in [0.15, 0.2) is 0 Å². The molecule has 1 saturated heterocycles. The smallest absolute Gasteiger partial charge is 0.166 e. The first kappa shape index (κ1) is 25.1. The highest BCUT2D eigenvalue weighted by Crippen LogP contribution is 2.81. The lowest BCUT2D eigenvalue weighted by Gasteiger charge is -2.75. The number of hydrogen-bond acceptors (Lipinski definition) is 5. The summed E-state index contributed by atoms with van der Waals surface area (Å²) in [7, 11) is 0. The Bertz CT molecular complexity index is 916. The zero-order valence-electron chi connectivity index (χ0n) is 23.1. The number of fused-ring (bicyclic) bond motifs is 4. The summed E-state index contributed by atoms with van der Waals surface area (Å²) in [6.45, 7) is 16.3. The van der Waals surface area contributed by atoms with Crippen molar-refractivity contribution in [2.24, 2.45) is 50.2 Å². The van der Waals surface area contributed by atoms with E-state index in [2.05, 4.69) is 48.5 Å². The summed E-state index contributed by atoms with van der Waals surface area (Å²) in [5, 5.41) is 45.8. The molecule has 200 valence electrons. The van der Waals surface area contributed by atoms with E-state index in [-0.39, 0.29) is 39.1 Å². The van der Waals surface area contributed by atoms with E-state index in [0.29, 0.717) is 24.7 Å². The van der Waals surface area contributed by atoms with Crippen LogP contribution in [0.1, 0.15) is 106 Å². The highest BCUT2D eigenvalue weighted by Gasteiger charge is 2.83. The third-order valence-electron chi connectivity index (χ3n) is 14.2. The van der Waals surface area contributed by atoms with Crippen LogP contribution in [0.5, 0.6) is 0 Å². The van der Waals surface area contributed by atoms with Crippen molar-refractivity contribution in [3.8, 4) is 0 Å². The third kappa shape index (κ3) is 2.55. The Morgan fingerprint density at radius 1 is 0.629 bits per heavy atom. The Labute approximate surface area is 212 Å². The molecule has 5 saturated carbocycles. The molecular weight excluding hydrogens is 440 g/mol. The maximum atomic E-state index is 11.9. The minimum absolute atomic E-state index is 0.0430. The standard InChI is InChI=1S/C30H50O5/c1-24(2)14-19-29-13-9-18-26(5)11-10-20(31)25(3,4)17(26)8-12-27(18,6)28(29,7)16-22(33)30(19,21(32)15-24)23(34)35-29/h17-23,31-34H,8-16H2,1-7H3/t17-,18+,19-,20-,21-,22+,23-,26-,27+,28-,29-,30-/m0/s1. The van der Waals surface area contributed by atoms with Crippen molar-refractivity contribution in [1.82, 2.24) is 0 Å². The van der Waals surface area contributed by atoms with Gasteiger partial charge in [-0.05, 0) is 91.3 Å². The van der Waals surface area contributed by atoms with Crippen molar-refractivity contribution >= 4 is 0 Å². The van der Waals surface area contributed by atoms with Gasteiger partial charge in [-0.25, -0.2) is 0 Å². The maximum absolute atomic E-state index is 11.9. The second kappa shape index (κ2) is 6.86. The largest absolute Gasteiger partial charge is 0.393 e. The van der Waals surface area contributed by atoms with E-state index in [0.717, 1.165) is 44.9 Å². The number of rotatable bonds is 0. The average molecular weight is 491 g/mol. The fraction of sp³-hybridized carbons (Fsp3) is 1.00. The predicted octanol–water partition coefficient (Wildman–Crippen LogP) is 4.64. The minimum Gasteiger partial charge on any atom is -0.393 e. The molecule has 35 heavy (non-hydrogen) atoms. The van der Waals surface area contributed by atoms with E-state index in [1.165, 1.54) is 0 Å². The second-order valence-electron chi connectivity index (χ2n) is 16.0. The van der Waals surface area contributed by atoms with Crippen molar-refractivity contribution in [2.75, 3.05) is 0 Å². The Balaban J connectivity index is 1.48. The Morgan fingerprint density at radius 2 is 1.26 bits per heavy atom. The Kier molecular flexibility index (Phi) is 4.92. The van der Waals surface area contributed by atoms with Gasteiger partial charge < -0.3 is 25.2 Å². The summed E-state index contributed by atoms with van der Waals surface area (Å²) in [5.41, 5.74) is -1.85.